The minimum Gasteiger partial charge on any atom is -0.394 e. The largest absolute Gasteiger partial charge is 0.394 e. The normalized spacial score (nSPS) is 27.7. The van der Waals surface area contributed by atoms with E-state index in [2.05, 4.69) is 31.2 Å². The number of ether oxygens (including phenoxy) is 3. The molecule has 3 rings (SSSR count). The van der Waals surface area contributed by atoms with Gasteiger partial charge in [-0.05, 0) is 31.9 Å². The molecule has 1 N–H and O–H groups in total. The lowest BCUT2D eigenvalue weighted by molar-refractivity contribution is -0.143. The van der Waals surface area contributed by atoms with Crippen LogP contribution in [-0.4, -0.2) is 54.5 Å². The second kappa shape index (κ2) is 9.34. The predicted molar refractivity (Wildman–Crippen MR) is 106 cm³/mol. The second-order valence-electron chi connectivity index (χ2n) is 7.03. The van der Waals surface area contributed by atoms with Crippen molar-refractivity contribution in [1.29, 1.82) is 0 Å². The maximum absolute atomic E-state index is 12.8. The molecule has 1 heterocycles. The molecule has 1 aromatic rings. The molecule has 6 heteroatoms. The van der Waals surface area contributed by atoms with Crippen LogP contribution >= 0.6 is 11.8 Å². The average Bonchev–Trinajstić information content (AvgIpc) is 3.08. The van der Waals surface area contributed by atoms with Crippen LogP contribution in [-0.2, 0) is 24.8 Å². The number of aliphatic hydroxyl groups excluding tert-OH is 1. The maximum atomic E-state index is 12.8. The predicted octanol–water partition coefficient (Wildman–Crippen LogP) is 3.03. The van der Waals surface area contributed by atoms with Gasteiger partial charge in [0.15, 0.2) is 11.6 Å². The Kier molecular flexibility index (Phi) is 7.11. The maximum Gasteiger partial charge on any atom is 0.189 e. The van der Waals surface area contributed by atoms with E-state index in [9.17, 15) is 9.90 Å². The van der Waals surface area contributed by atoms with Gasteiger partial charge in [-0.2, -0.15) is 0 Å². The van der Waals surface area contributed by atoms with Crippen LogP contribution < -0.4 is 0 Å². The standard InChI is InChI=1S/C21H28O5S/c1-3-24-13-19(23)18-10-21(25-12-17(11-22)26-21)8-7-20(18)27-14-16-6-4-5-15(2)9-16/h4-6,9-10,17,20,22H,3,7-8,11-14H2,1-2H3. The molecule has 5 nitrogen and oxygen atoms in total. The number of aryl methyl sites for hydroxylation is 1. The summed E-state index contributed by atoms with van der Waals surface area (Å²) in [5, 5.41) is 9.43. The number of ketones is 1. The number of aliphatic hydroxyl groups is 1. The van der Waals surface area contributed by atoms with Gasteiger partial charge in [0.2, 0.25) is 0 Å². The number of hydrogen-bond acceptors (Lipinski definition) is 6. The van der Waals surface area contributed by atoms with Gasteiger partial charge in [0, 0.05) is 29.6 Å². The van der Waals surface area contributed by atoms with Gasteiger partial charge in [-0.15, -0.1) is 11.8 Å². The highest BCUT2D eigenvalue weighted by molar-refractivity contribution is 7.99. The SMILES string of the molecule is CCOCC(=O)C1=CC2(CCC1SCc1cccc(C)c1)OCC(CO)O2. The quantitative estimate of drug-likeness (QED) is 0.734. The molecule has 148 valence electrons. The monoisotopic (exact) mass is 392 g/mol. The Balaban J connectivity index is 1.75. The lowest BCUT2D eigenvalue weighted by atomic mass is 9.91. The van der Waals surface area contributed by atoms with E-state index in [0.717, 1.165) is 12.2 Å². The highest BCUT2D eigenvalue weighted by Crippen LogP contribution is 2.41. The highest BCUT2D eigenvalue weighted by Gasteiger charge is 2.44. The zero-order chi connectivity index (χ0) is 19.3. The van der Waals surface area contributed by atoms with Crippen molar-refractivity contribution in [2.75, 3.05) is 26.4 Å². The second-order valence-corrected chi connectivity index (χ2v) is 8.22. The molecule has 27 heavy (non-hydrogen) atoms. The van der Waals surface area contributed by atoms with Crippen LogP contribution in [0.5, 0.6) is 0 Å². The number of rotatable bonds is 8. The van der Waals surface area contributed by atoms with Gasteiger partial charge in [0.1, 0.15) is 12.7 Å². The third-order valence-electron chi connectivity index (χ3n) is 4.85. The molecular formula is C21H28O5S. The molecule has 1 aliphatic heterocycles. The fourth-order valence-electron chi connectivity index (χ4n) is 3.48. The van der Waals surface area contributed by atoms with E-state index in [-0.39, 0.29) is 30.4 Å². The van der Waals surface area contributed by atoms with Crippen molar-refractivity contribution in [2.45, 2.75) is 49.6 Å². The van der Waals surface area contributed by atoms with Gasteiger partial charge in [-0.25, -0.2) is 0 Å². The molecule has 0 radical (unpaired) electrons. The van der Waals surface area contributed by atoms with Crippen molar-refractivity contribution >= 4 is 17.5 Å². The van der Waals surface area contributed by atoms with Crippen molar-refractivity contribution in [3.05, 3.63) is 47.0 Å². The van der Waals surface area contributed by atoms with Crippen LogP contribution in [0.2, 0.25) is 0 Å². The van der Waals surface area contributed by atoms with E-state index in [0.29, 0.717) is 25.2 Å². The van der Waals surface area contributed by atoms with Crippen LogP contribution in [0.15, 0.2) is 35.9 Å². The van der Waals surface area contributed by atoms with Crippen LogP contribution in [0.25, 0.3) is 0 Å². The summed E-state index contributed by atoms with van der Waals surface area (Å²) in [7, 11) is 0. The molecule has 3 atom stereocenters. The number of hydrogen-bond donors (Lipinski definition) is 1. The van der Waals surface area contributed by atoms with E-state index in [4.69, 9.17) is 14.2 Å². The minimum atomic E-state index is -0.884. The number of benzene rings is 1. The number of thioether (sulfide) groups is 1. The molecule has 1 aliphatic carbocycles. The topological polar surface area (TPSA) is 65.0 Å². The van der Waals surface area contributed by atoms with Crippen LogP contribution in [0.4, 0.5) is 0 Å². The molecule has 1 fully saturated rings. The summed E-state index contributed by atoms with van der Waals surface area (Å²) in [5.41, 5.74) is 3.21. The molecule has 0 bridgehead atoms. The van der Waals surface area contributed by atoms with Gasteiger partial charge in [-0.1, -0.05) is 29.8 Å². The van der Waals surface area contributed by atoms with Crippen molar-refractivity contribution in [1.82, 2.24) is 0 Å². The summed E-state index contributed by atoms with van der Waals surface area (Å²) in [6.07, 6.45) is 2.97. The summed E-state index contributed by atoms with van der Waals surface area (Å²) >= 11 is 1.77. The summed E-state index contributed by atoms with van der Waals surface area (Å²) < 4.78 is 17.1. The van der Waals surface area contributed by atoms with Crippen molar-refractivity contribution < 1.29 is 24.1 Å². The zero-order valence-electron chi connectivity index (χ0n) is 16.0. The Labute approximate surface area is 165 Å². The molecule has 0 saturated carbocycles. The summed E-state index contributed by atoms with van der Waals surface area (Å²) in [5.74, 6) is -0.0535. The lowest BCUT2D eigenvalue weighted by Crippen LogP contribution is -2.37. The minimum absolute atomic E-state index is 0.0164. The Morgan fingerprint density at radius 3 is 3.00 bits per heavy atom. The summed E-state index contributed by atoms with van der Waals surface area (Å²) in [4.78, 5) is 12.8. The van der Waals surface area contributed by atoms with E-state index in [1.54, 1.807) is 11.8 Å². The third-order valence-corrected chi connectivity index (χ3v) is 6.25. The van der Waals surface area contributed by atoms with Gasteiger partial charge in [0.25, 0.3) is 0 Å². The Morgan fingerprint density at radius 1 is 1.44 bits per heavy atom. The molecule has 1 saturated heterocycles. The molecule has 2 aliphatic rings. The van der Waals surface area contributed by atoms with Gasteiger partial charge in [-0.3, -0.25) is 4.79 Å². The lowest BCUT2D eigenvalue weighted by Gasteiger charge is -2.34. The van der Waals surface area contributed by atoms with Crippen LogP contribution in [0.3, 0.4) is 0 Å². The molecule has 3 unspecified atom stereocenters. The van der Waals surface area contributed by atoms with Crippen LogP contribution in [0, 0.1) is 6.92 Å². The highest BCUT2D eigenvalue weighted by atomic mass is 32.2. The van der Waals surface area contributed by atoms with Gasteiger partial charge >= 0.3 is 0 Å². The first-order valence-corrected chi connectivity index (χ1v) is 10.5. The van der Waals surface area contributed by atoms with Crippen LogP contribution in [0.1, 0.15) is 30.9 Å². The van der Waals surface area contributed by atoms with Gasteiger partial charge in [0.05, 0.1) is 13.2 Å². The molecule has 1 aromatic carbocycles. The van der Waals surface area contributed by atoms with Crippen molar-refractivity contribution in [3.8, 4) is 0 Å². The zero-order valence-corrected chi connectivity index (χ0v) is 16.8. The summed E-state index contributed by atoms with van der Waals surface area (Å²) in [6, 6.07) is 8.44. The Morgan fingerprint density at radius 2 is 2.30 bits per heavy atom. The fraction of sp³-hybridized carbons (Fsp3) is 0.571. The first kappa shape index (κ1) is 20.6. The Bertz CT molecular complexity index is 689. The molecule has 0 aromatic heterocycles. The van der Waals surface area contributed by atoms with E-state index in [1.165, 1.54) is 11.1 Å². The van der Waals surface area contributed by atoms with E-state index in [1.807, 2.05) is 13.0 Å². The number of carbonyl (C=O) groups is 1. The summed E-state index contributed by atoms with van der Waals surface area (Å²) in [6.45, 7) is 4.81. The van der Waals surface area contributed by atoms with Gasteiger partial charge < -0.3 is 19.3 Å². The molecule has 0 amide bonds. The third kappa shape index (κ3) is 5.21. The number of carbonyl (C=O) groups excluding carboxylic acids is 1. The smallest absolute Gasteiger partial charge is 0.189 e. The Hall–Kier alpha value is -1.18. The van der Waals surface area contributed by atoms with E-state index < -0.39 is 5.79 Å². The molecule has 1 spiro atoms. The first-order valence-electron chi connectivity index (χ1n) is 9.48. The fourth-order valence-corrected chi connectivity index (χ4v) is 4.72. The van der Waals surface area contributed by atoms with Crippen molar-refractivity contribution in [3.63, 3.8) is 0 Å². The number of Topliss-reactive ketones (excluding diaryl/α,β-unsaturated/α-hetero) is 1. The molecular weight excluding hydrogens is 364 g/mol. The average molecular weight is 393 g/mol. The van der Waals surface area contributed by atoms with Crippen molar-refractivity contribution in [2.24, 2.45) is 0 Å². The van der Waals surface area contributed by atoms with E-state index >= 15 is 0 Å². The first-order chi connectivity index (χ1) is 13.0.